The first-order chi connectivity index (χ1) is 9.76. The fourth-order valence-electron chi connectivity index (χ4n) is 3.38. The summed E-state index contributed by atoms with van der Waals surface area (Å²) in [5, 5.41) is 22.3. The molecule has 2 N–H and O–H groups in total. The van der Waals surface area contributed by atoms with Crippen LogP contribution in [0.5, 0.6) is 0 Å². The minimum absolute atomic E-state index is 0.154. The number of aryl methyl sites for hydroxylation is 2. The smallest absolute Gasteiger partial charge is 0.144 e. The van der Waals surface area contributed by atoms with Gasteiger partial charge in [-0.2, -0.15) is 5.26 Å². The fourth-order valence-corrected chi connectivity index (χ4v) is 3.38. The molecule has 1 heterocycles. The van der Waals surface area contributed by atoms with E-state index in [0.717, 1.165) is 63.0 Å². The number of aliphatic hydroxyl groups excluding tert-OH is 1. The van der Waals surface area contributed by atoms with Gasteiger partial charge in [0.15, 0.2) is 0 Å². The van der Waals surface area contributed by atoms with Gasteiger partial charge in [0, 0.05) is 12.2 Å². The number of anilines is 1. The number of nitrogens with zero attached hydrogens (tertiary/aromatic N) is 2. The Morgan fingerprint density at radius 3 is 3.05 bits per heavy atom. The van der Waals surface area contributed by atoms with Crippen molar-refractivity contribution in [2.24, 2.45) is 5.92 Å². The number of pyridine rings is 1. The van der Waals surface area contributed by atoms with Gasteiger partial charge in [-0.25, -0.2) is 4.98 Å². The van der Waals surface area contributed by atoms with Gasteiger partial charge in [0.25, 0.3) is 0 Å². The van der Waals surface area contributed by atoms with Crippen LogP contribution in [0, 0.1) is 17.2 Å². The van der Waals surface area contributed by atoms with Gasteiger partial charge in [-0.15, -0.1) is 0 Å². The Labute approximate surface area is 119 Å². The van der Waals surface area contributed by atoms with Crippen LogP contribution in [0.4, 0.5) is 5.82 Å². The molecule has 2 aliphatic rings. The summed E-state index contributed by atoms with van der Waals surface area (Å²) in [7, 11) is 0. The Balaban J connectivity index is 1.69. The summed E-state index contributed by atoms with van der Waals surface area (Å²) in [5.41, 5.74) is 3.04. The average molecular weight is 271 g/mol. The largest absolute Gasteiger partial charge is 0.393 e. The molecular weight excluding hydrogens is 250 g/mol. The lowest BCUT2D eigenvalue weighted by Crippen LogP contribution is -2.25. The Morgan fingerprint density at radius 1 is 1.35 bits per heavy atom. The topological polar surface area (TPSA) is 68.9 Å². The maximum Gasteiger partial charge on any atom is 0.144 e. The molecule has 1 aromatic rings. The van der Waals surface area contributed by atoms with Crippen LogP contribution < -0.4 is 5.32 Å². The van der Waals surface area contributed by atoms with Crippen molar-refractivity contribution in [2.75, 3.05) is 11.9 Å². The predicted octanol–water partition coefficient (Wildman–Crippen LogP) is 2.40. The maximum absolute atomic E-state index is 9.71. The van der Waals surface area contributed by atoms with Gasteiger partial charge in [0.2, 0.25) is 0 Å². The molecule has 2 aliphatic carbocycles. The molecule has 3 rings (SSSR count). The van der Waals surface area contributed by atoms with Crippen LogP contribution in [0.15, 0.2) is 6.07 Å². The Hall–Kier alpha value is -1.60. The van der Waals surface area contributed by atoms with E-state index in [4.69, 9.17) is 0 Å². The van der Waals surface area contributed by atoms with Gasteiger partial charge in [0.05, 0.1) is 11.7 Å². The normalized spacial score (nSPS) is 25.0. The van der Waals surface area contributed by atoms with Gasteiger partial charge in [-0.1, -0.05) is 6.42 Å². The minimum Gasteiger partial charge on any atom is -0.393 e. The monoisotopic (exact) mass is 271 g/mol. The zero-order valence-electron chi connectivity index (χ0n) is 11.7. The zero-order chi connectivity index (χ0) is 13.9. The lowest BCUT2D eigenvalue weighted by molar-refractivity contribution is 0.104. The van der Waals surface area contributed by atoms with Gasteiger partial charge in [-0.3, -0.25) is 0 Å². The Bertz CT molecular complexity index is 535. The summed E-state index contributed by atoms with van der Waals surface area (Å²) in [6.07, 6.45) is 7.10. The Kier molecular flexibility index (Phi) is 3.88. The van der Waals surface area contributed by atoms with Crippen molar-refractivity contribution in [1.82, 2.24) is 4.98 Å². The molecule has 20 heavy (non-hydrogen) atoms. The molecule has 0 spiro atoms. The molecule has 4 heteroatoms. The minimum atomic E-state index is -0.154. The second-order valence-electron chi connectivity index (χ2n) is 6.02. The van der Waals surface area contributed by atoms with Crippen LogP contribution in [-0.4, -0.2) is 22.7 Å². The third kappa shape index (κ3) is 2.78. The van der Waals surface area contributed by atoms with Crippen molar-refractivity contribution in [2.45, 2.75) is 51.0 Å². The quantitative estimate of drug-likeness (QED) is 0.885. The molecule has 1 aromatic heterocycles. The highest BCUT2D eigenvalue weighted by Crippen LogP contribution is 2.27. The van der Waals surface area contributed by atoms with E-state index in [1.54, 1.807) is 0 Å². The molecule has 1 saturated carbocycles. The maximum atomic E-state index is 9.71. The fraction of sp³-hybridized carbons (Fsp3) is 0.625. The van der Waals surface area contributed by atoms with Gasteiger partial charge in [-0.05, 0) is 56.1 Å². The molecule has 0 radical (unpaired) electrons. The molecule has 0 aromatic carbocycles. The van der Waals surface area contributed by atoms with Crippen LogP contribution >= 0.6 is 0 Å². The highest BCUT2D eigenvalue weighted by atomic mass is 16.3. The van der Waals surface area contributed by atoms with E-state index < -0.39 is 0 Å². The zero-order valence-corrected chi connectivity index (χ0v) is 11.7. The second kappa shape index (κ2) is 5.80. The van der Waals surface area contributed by atoms with Gasteiger partial charge in [0.1, 0.15) is 11.9 Å². The van der Waals surface area contributed by atoms with Crippen molar-refractivity contribution >= 4 is 5.82 Å². The standard InChI is InChI=1S/C16H21N3O/c17-9-13-8-12-4-2-6-15(12)19-16(13)18-10-11-3-1-5-14(20)7-11/h8,11,14,20H,1-7,10H2,(H,18,19). The first kappa shape index (κ1) is 13.4. The van der Waals surface area contributed by atoms with Crippen LogP contribution in [0.25, 0.3) is 0 Å². The van der Waals surface area contributed by atoms with Crippen molar-refractivity contribution in [1.29, 1.82) is 5.26 Å². The number of hydrogen-bond donors (Lipinski definition) is 2. The lowest BCUT2D eigenvalue weighted by Gasteiger charge is -2.26. The van der Waals surface area contributed by atoms with E-state index in [1.165, 1.54) is 5.56 Å². The SMILES string of the molecule is N#Cc1cc2c(nc1NCC1CCCC(O)C1)CCC2. The third-order valence-electron chi connectivity index (χ3n) is 4.48. The van der Waals surface area contributed by atoms with E-state index >= 15 is 0 Å². The molecular formula is C16H21N3O. The van der Waals surface area contributed by atoms with E-state index in [0.29, 0.717) is 11.5 Å². The number of hydrogen-bond acceptors (Lipinski definition) is 4. The van der Waals surface area contributed by atoms with E-state index in [-0.39, 0.29) is 6.10 Å². The molecule has 2 atom stereocenters. The molecule has 0 aliphatic heterocycles. The van der Waals surface area contributed by atoms with Crippen molar-refractivity contribution in [3.63, 3.8) is 0 Å². The first-order valence-corrected chi connectivity index (χ1v) is 7.61. The summed E-state index contributed by atoms with van der Waals surface area (Å²) in [4.78, 5) is 4.63. The molecule has 4 nitrogen and oxygen atoms in total. The van der Waals surface area contributed by atoms with Crippen LogP contribution in [0.1, 0.15) is 48.9 Å². The summed E-state index contributed by atoms with van der Waals surface area (Å²) >= 11 is 0. The Morgan fingerprint density at radius 2 is 2.25 bits per heavy atom. The molecule has 106 valence electrons. The lowest BCUT2D eigenvalue weighted by atomic mass is 9.87. The number of aromatic nitrogens is 1. The molecule has 1 fully saturated rings. The molecule has 0 amide bonds. The number of nitrogens with one attached hydrogen (secondary N) is 1. The van der Waals surface area contributed by atoms with Crippen molar-refractivity contribution in [3.8, 4) is 6.07 Å². The number of aliphatic hydroxyl groups is 1. The van der Waals surface area contributed by atoms with Gasteiger partial charge < -0.3 is 10.4 Å². The molecule has 0 bridgehead atoms. The van der Waals surface area contributed by atoms with E-state index in [1.807, 2.05) is 6.07 Å². The first-order valence-electron chi connectivity index (χ1n) is 7.61. The number of nitriles is 1. The second-order valence-corrected chi connectivity index (χ2v) is 6.02. The van der Waals surface area contributed by atoms with Gasteiger partial charge >= 0.3 is 0 Å². The average Bonchev–Trinajstić information content (AvgIpc) is 2.91. The van der Waals surface area contributed by atoms with E-state index in [2.05, 4.69) is 16.4 Å². The van der Waals surface area contributed by atoms with Crippen LogP contribution in [0.3, 0.4) is 0 Å². The van der Waals surface area contributed by atoms with Crippen LogP contribution in [-0.2, 0) is 12.8 Å². The number of fused-ring (bicyclic) bond motifs is 1. The highest BCUT2D eigenvalue weighted by Gasteiger charge is 2.21. The molecule has 2 unspecified atom stereocenters. The summed E-state index contributed by atoms with van der Waals surface area (Å²) in [6, 6.07) is 4.24. The molecule has 0 saturated heterocycles. The van der Waals surface area contributed by atoms with E-state index in [9.17, 15) is 10.4 Å². The van der Waals surface area contributed by atoms with Crippen molar-refractivity contribution in [3.05, 3.63) is 22.9 Å². The summed E-state index contributed by atoms with van der Waals surface area (Å²) in [6.45, 7) is 0.803. The van der Waals surface area contributed by atoms with Crippen LogP contribution in [0.2, 0.25) is 0 Å². The van der Waals surface area contributed by atoms with Crippen molar-refractivity contribution < 1.29 is 5.11 Å². The summed E-state index contributed by atoms with van der Waals surface area (Å²) in [5.74, 6) is 1.22. The summed E-state index contributed by atoms with van der Waals surface area (Å²) < 4.78 is 0. The number of rotatable bonds is 3. The predicted molar refractivity (Wildman–Crippen MR) is 77.4 cm³/mol. The third-order valence-corrected chi connectivity index (χ3v) is 4.48. The highest BCUT2D eigenvalue weighted by molar-refractivity contribution is 5.55.